The van der Waals surface area contributed by atoms with Crippen LogP contribution in [0.4, 0.5) is 18.9 Å². The number of halogens is 4. The summed E-state index contributed by atoms with van der Waals surface area (Å²) in [5, 5.41) is 3.41. The monoisotopic (exact) mass is 428 g/mol. The van der Waals surface area contributed by atoms with Gasteiger partial charge in [-0.3, -0.25) is 9.69 Å². The molecule has 29 heavy (non-hydrogen) atoms. The SMILES string of the molecule is C[C@]12O[C@@]3(CCO[C@H]4[C@@H]3[C@@H]1C(=O)N4c1ccc(Cl)c(C(F)(F)F)c1)C[C@@H]2N=[N+]=[N-]. The lowest BCUT2D eigenvalue weighted by Crippen LogP contribution is -2.52. The van der Waals surface area contributed by atoms with Crippen molar-refractivity contribution in [3.63, 3.8) is 0 Å². The van der Waals surface area contributed by atoms with E-state index < -0.39 is 46.2 Å². The van der Waals surface area contributed by atoms with E-state index in [1.165, 1.54) is 11.0 Å². The van der Waals surface area contributed by atoms with E-state index in [1.54, 1.807) is 6.92 Å². The van der Waals surface area contributed by atoms with Gasteiger partial charge in [-0.15, -0.1) is 0 Å². The van der Waals surface area contributed by atoms with Crippen LogP contribution in [0.5, 0.6) is 0 Å². The van der Waals surface area contributed by atoms with Crippen molar-refractivity contribution in [1.29, 1.82) is 0 Å². The number of amides is 1. The molecule has 0 unspecified atom stereocenters. The molecule has 4 saturated heterocycles. The molecule has 1 spiro atoms. The van der Waals surface area contributed by atoms with Crippen molar-refractivity contribution in [3.8, 4) is 0 Å². The summed E-state index contributed by atoms with van der Waals surface area (Å²) in [6.45, 7) is 2.03. The summed E-state index contributed by atoms with van der Waals surface area (Å²) in [6.07, 6.45) is -4.39. The summed E-state index contributed by atoms with van der Waals surface area (Å²) >= 11 is 5.73. The van der Waals surface area contributed by atoms with Gasteiger partial charge in [0.2, 0.25) is 5.91 Å². The molecule has 0 aliphatic carbocycles. The highest BCUT2D eigenvalue weighted by molar-refractivity contribution is 6.31. The summed E-state index contributed by atoms with van der Waals surface area (Å²) in [4.78, 5) is 17.6. The molecule has 11 heteroatoms. The fourth-order valence-electron chi connectivity index (χ4n) is 5.69. The molecule has 2 bridgehead atoms. The van der Waals surface area contributed by atoms with Crippen molar-refractivity contribution in [3.05, 3.63) is 39.2 Å². The second-order valence-corrected chi connectivity index (χ2v) is 8.57. The summed E-state index contributed by atoms with van der Waals surface area (Å²) in [7, 11) is 0. The van der Waals surface area contributed by atoms with Crippen LogP contribution in [0.1, 0.15) is 25.3 Å². The van der Waals surface area contributed by atoms with Gasteiger partial charge in [0.1, 0.15) is 6.23 Å². The maximum atomic E-state index is 13.4. The first-order valence-electron chi connectivity index (χ1n) is 9.18. The number of benzene rings is 1. The molecule has 1 amide bonds. The third-order valence-electron chi connectivity index (χ3n) is 6.81. The molecular weight excluding hydrogens is 413 g/mol. The Kier molecular flexibility index (Phi) is 3.79. The van der Waals surface area contributed by atoms with Crippen LogP contribution >= 0.6 is 11.6 Å². The fraction of sp³-hybridized carbons (Fsp3) is 0.611. The zero-order valence-corrected chi connectivity index (χ0v) is 15.9. The van der Waals surface area contributed by atoms with Crippen molar-refractivity contribution >= 4 is 23.2 Å². The van der Waals surface area contributed by atoms with E-state index in [9.17, 15) is 18.0 Å². The van der Waals surface area contributed by atoms with Crippen molar-refractivity contribution in [2.75, 3.05) is 11.5 Å². The normalized spacial score (nSPS) is 40.2. The molecule has 4 fully saturated rings. The fourth-order valence-corrected chi connectivity index (χ4v) is 5.92. The minimum Gasteiger partial charge on any atom is -0.367 e. The molecular formula is C18H16ClF3N4O3. The second kappa shape index (κ2) is 5.78. The number of alkyl halides is 3. The van der Waals surface area contributed by atoms with Gasteiger partial charge in [0.15, 0.2) is 0 Å². The number of hydrogen-bond acceptors (Lipinski definition) is 4. The standard InChI is InChI=1S/C18H16ClF3N4O3/c1-16-11(24-25-23)7-17(29-16)4-5-28-15-13(17)12(16)14(27)26(15)8-2-3-10(19)9(6-8)18(20,21)22/h2-3,6,11-13,15H,4-5,7H2,1H3/t11-,12+,13-,15-,16+,17-/m0/s1. The second-order valence-electron chi connectivity index (χ2n) is 8.16. The van der Waals surface area contributed by atoms with Crippen LogP contribution in [0.2, 0.25) is 5.02 Å². The van der Waals surface area contributed by atoms with Crippen molar-refractivity contribution in [2.45, 2.75) is 49.4 Å². The molecule has 0 radical (unpaired) electrons. The summed E-state index contributed by atoms with van der Waals surface area (Å²) in [6, 6.07) is 2.88. The number of nitrogens with zero attached hydrogens (tertiary/aromatic N) is 4. The van der Waals surface area contributed by atoms with Gasteiger partial charge in [0.05, 0.1) is 40.4 Å². The summed E-state index contributed by atoms with van der Waals surface area (Å²) < 4.78 is 52.2. The van der Waals surface area contributed by atoms with Crippen LogP contribution in [-0.2, 0) is 20.4 Å². The average molecular weight is 429 g/mol. The first-order valence-corrected chi connectivity index (χ1v) is 9.56. The van der Waals surface area contributed by atoms with Crippen LogP contribution in [0.15, 0.2) is 23.3 Å². The number of fused-ring (bicyclic) bond motifs is 2. The highest BCUT2D eigenvalue weighted by atomic mass is 35.5. The molecule has 1 aromatic carbocycles. The lowest BCUT2D eigenvalue weighted by molar-refractivity contribution is -0.140. The predicted octanol–water partition coefficient (Wildman–Crippen LogP) is 4.29. The number of hydrogen-bond donors (Lipinski definition) is 0. The minimum absolute atomic E-state index is 0.0755. The zero-order valence-electron chi connectivity index (χ0n) is 15.2. The molecule has 4 aliphatic heterocycles. The third-order valence-corrected chi connectivity index (χ3v) is 7.14. The smallest absolute Gasteiger partial charge is 0.367 e. The lowest BCUT2D eigenvalue weighted by Gasteiger charge is -2.42. The van der Waals surface area contributed by atoms with Crippen molar-refractivity contribution in [1.82, 2.24) is 0 Å². The Bertz CT molecular complexity index is 968. The van der Waals surface area contributed by atoms with E-state index in [4.69, 9.17) is 26.6 Å². The molecule has 6 atom stereocenters. The van der Waals surface area contributed by atoms with Crippen LogP contribution in [0, 0.1) is 11.8 Å². The molecule has 1 aromatic rings. The Hall–Kier alpha value is -2.00. The predicted molar refractivity (Wildman–Crippen MR) is 95.0 cm³/mol. The van der Waals surface area contributed by atoms with Crippen LogP contribution in [-0.4, -0.2) is 36.0 Å². The Labute approximate surface area is 168 Å². The lowest BCUT2D eigenvalue weighted by atomic mass is 9.64. The van der Waals surface area contributed by atoms with Crippen molar-refractivity contribution < 1.29 is 27.4 Å². The van der Waals surface area contributed by atoms with Gasteiger partial charge in [0.25, 0.3) is 0 Å². The highest BCUT2D eigenvalue weighted by Crippen LogP contribution is 2.66. The number of anilines is 1. The molecule has 0 saturated carbocycles. The first-order chi connectivity index (χ1) is 13.6. The topological polar surface area (TPSA) is 87.5 Å². The van der Waals surface area contributed by atoms with Crippen LogP contribution in [0.3, 0.4) is 0 Å². The van der Waals surface area contributed by atoms with Crippen molar-refractivity contribution in [2.24, 2.45) is 17.0 Å². The quantitative estimate of drug-likeness (QED) is 0.400. The maximum absolute atomic E-state index is 13.4. The Balaban J connectivity index is 1.61. The molecule has 0 aromatic heterocycles. The third kappa shape index (κ3) is 2.34. The van der Waals surface area contributed by atoms with Gasteiger partial charge in [-0.1, -0.05) is 16.7 Å². The number of carbonyl (C=O) groups is 1. The van der Waals surface area contributed by atoms with Gasteiger partial charge in [-0.05, 0) is 37.1 Å². The van der Waals surface area contributed by atoms with Crippen LogP contribution < -0.4 is 4.90 Å². The van der Waals surface area contributed by atoms with Gasteiger partial charge in [0, 0.05) is 22.9 Å². The molecule has 4 aliphatic rings. The largest absolute Gasteiger partial charge is 0.417 e. The van der Waals surface area contributed by atoms with E-state index in [0.717, 1.165) is 12.1 Å². The van der Waals surface area contributed by atoms with E-state index in [0.29, 0.717) is 12.8 Å². The summed E-state index contributed by atoms with van der Waals surface area (Å²) in [5.41, 5.74) is 6.28. The number of rotatable bonds is 2. The highest BCUT2D eigenvalue weighted by Gasteiger charge is 2.77. The number of azide groups is 1. The van der Waals surface area contributed by atoms with Gasteiger partial charge in [-0.2, -0.15) is 13.2 Å². The zero-order chi connectivity index (χ0) is 20.8. The number of carbonyl (C=O) groups excluding carboxylic acids is 1. The molecule has 4 heterocycles. The molecule has 154 valence electrons. The average Bonchev–Trinajstić information content (AvgIpc) is 3.19. The molecule has 7 nitrogen and oxygen atoms in total. The molecule has 5 rings (SSSR count). The Morgan fingerprint density at radius 1 is 1.41 bits per heavy atom. The Morgan fingerprint density at radius 2 is 2.17 bits per heavy atom. The van der Waals surface area contributed by atoms with E-state index in [1.807, 2.05) is 0 Å². The van der Waals surface area contributed by atoms with Gasteiger partial charge in [-0.25, -0.2) is 0 Å². The number of ether oxygens (including phenoxy) is 2. The van der Waals surface area contributed by atoms with E-state index in [-0.39, 0.29) is 24.1 Å². The minimum atomic E-state index is -4.65. The van der Waals surface area contributed by atoms with Gasteiger partial charge >= 0.3 is 6.18 Å². The van der Waals surface area contributed by atoms with E-state index >= 15 is 0 Å². The maximum Gasteiger partial charge on any atom is 0.417 e. The summed E-state index contributed by atoms with van der Waals surface area (Å²) in [5.74, 6) is -1.40. The first kappa shape index (κ1) is 19.0. The molecule has 0 N–H and O–H groups in total. The van der Waals surface area contributed by atoms with E-state index in [2.05, 4.69) is 10.0 Å². The Morgan fingerprint density at radius 3 is 2.86 bits per heavy atom. The van der Waals surface area contributed by atoms with Crippen LogP contribution in [0.25, 0.3) is 10.4 Å². The van der Waals surface area contributed by atoms with Gasteiger partial charge < -0.3 is 9.47 Å².